The minimum Gasteiger partial charge on any atom is -0.486 e. The molecule has 0 aliphatic carbocycles. The first-order chi connectivity index (χ1) is 13.2. The van der Waals surface area contributed by atoms with E-state index in [-0.39, 0.29) is 18.3 Å². The van der Waals surface area contributed by atoms with E-state index in [1.165, 1.54) is 5.56 Å². The Morgan fingerprint density at radius 3 is 2.67 bits per heavy atom. The fraction of sp³-hybridized carbons (Fsp3) is 0.333. The molecule has 0 radical (unpaired) electrons. The van der Waals surface area contributed by atoms with Crippen molar-refractivity contribution in [2.24, 2.45) is 0 Å². The number of ether oxygens (including phenoxy) is 1. The van der Waals surface area contributed by atoms with Gasteiger partial charge in [0, 0.05) is 24.8 Å². The molecule has 0 atom stereocenters. The van der Waals surface area contributed by atoms with Gasteiger partial charge in [0.25, 0.3) is 5.91 Å². The first-order valence-electron chi connectivity index (χ1n) is 9.28. The van der Waals surface area contributed by atoms with Crippen molar-refractivity contribution in [3.63, 3.8) is 0 Å². The molecule has 27 heavy (non-hydrogen) atoms. The highest BCUT2D eigenvalue weighted by Crippen LogP contribution is 2.16. The monoisotopic (exact) mass is 367 g/mol. The summed E-state index contributed by atoms with van der Waals surface area (Å²) < 4.78 is 13.1. The Kier molecular flexibility index (Phi) is 6.30. The summed E-state index contributed by atoms with van der Waals surface area (Å²) in [6.45, 7) is 5.67. The zero-order valence-electron chi connectivity index (χ0n) is 15.8. The Morgan fingerprint density at radius 2 is 1.96 bits per heavy atom. The van der Waals surface area contributed by atoms with Crippen LogP contribution in [0, 0.1) is 0 Å². The summed E-state index contributed by atoms with van der Waals surface area (Å²) in [6, 6.07) is 11.5. The SMILES string of the molecule is CCCc1ccc(OCc2ccc(C(=O)NCc3cnn(CC)c3)o2)cc1. The number of aryl methyl sites for hydroxylation is 2. The molecule has 0 unspecified atom stereocenters. The Labute approximate surface area is 159 Å². The molecule has 0 aliphatic heterocycles. The van der Waals surface area contributed by atoms with Gasteiger partial charge in [0.2, 0.25) is 0 Å². The largest absolute Gasteiger partial charge is 0.486 e. The fourth-order valence-electron chi connectivity index (χ4n) is 2.71. The van der Waals surface area contributed by atoms with Crippen molar-refractivity contribution in [3.8, 4) is 5.75 Å². The molecular formula is C21H25N3O3. The molecule has 1 aromatic carbocycles. The third kappa shape index (κ3) is 5.23. The molecular weight excluding hydrogens is 342 g/mol. The summed E-state index contributed by atoms with van der Waals surface area (Å²) in [5.74, 6) is 1.41. The third-order valence-electron chi connectivity index (χ3n) is 4.19. The lowest BCUT2D eigenvalue weighted by Crippen LogP contribution is -2.22. The first kappa shape index (κ1) is 18.8. The number of nitrogens with one attached hydrogen (secondary N) is 1. The standard InChI is InChI=1S/C21H25N3O3/c1-3-5-16-6-8-18(9-7-16)26-15-19-10-11-20(27-19)21(25)22-12-17-13-23-24(4-2)14-17/h6-11,13-14H,3-5,12,15H2,1-2H3,(H,22,25). The minimum atomic E-state index is -0.255. The van der Waals surface area contributed by atoms with E-state index in [4.69, 9.17) is 9.15 Å². The van der Waals surface area contributed by atoms with Crippen LogP contribution in [-0.2, 0) is 26.1 Å². The van der Waals surface area contributed by atoms with E-state index in [1.807, 2.05) is 29.9 Å². The smallest absolute Gasteiger partial charge is 0.287 e. The summed E-state index contributed by atoms with van der Waals surface area (Å²) in [7, 11) is 0. The quantitative estimate of drug-likeness (QED) is 0.621. The van der Waals surface area contributed by atoms with Gasteiger partial charge in [0.1, 0.15) is 18.1 Å². The maximum Gasteiger partial charge on any atom is 0.287 e. The number of hydrogen-bond acceptors (Lipinski definition) is 4. The predicted molar refractivity (Wildman–Crippen MR) is 103 cm³/mol. The average Bonchev–Trinajstić information content (AvgIpc) is 3.35. The molecule has 0 spiro atoms. The van der Waals surface area contributed by atoms with Crippen molar-refractivity contribution in [1.29, 1.82) is 0 Å². The number of rotatable bonds is 9. The molecule has 0 saturated heterocycles. The van der Waals surface area contributed by atoms with Crippen LogP contribution < -0.4 is 10.1 Å². The van der Waals surface area contributed by atoms with Gasteiger partial charge in [-0.05, 0) is 43.2 Å². The van der Waals surface area contributed by atoms with Crippen molar-refractivity contribution in [1.82, 2.24) is 15.1 Å². The number of furan rings is 1. The molecule has 0 aliphatic rings. The third-order valence-corrected chi connectivity index (χ3v) is 4.19. The van der Waals surface area contributed by atoms with Gasteiger partial charge in [-0.3, -0.25) is 9.48 Å². The van der Waals surface area contributed by atoms with E-state index in [2.05, 4.69) is 29.5 Å². The Morgan fingerprint density at radius 1 is 1.15 bits per heavy atom. The molecule has 1 amide bonds. The second kappa shape index (κ2) is 9.07. The van der Waals surface area contributed by atoms with E-state index in [0.29, 0.717) is 12.3 Å². The van der Waals surface area contributed by atoms with Crippen LogP contribution in [0.25, 0.3) is 0 Å². The van der Waals surface area contributed by atoms with Gasteiger partial charge in [0.15, 0.2) is 5.76 Å². The van der Waals surface area contributed by atoms with Crippen LogP contribution in [0.1, 0.15) is 47.7 Å². The van der Waals surface area contributed by atoms with Crippen LogP contribution in [0.4, 0.5) is 0 Å². The zero-order chi connectivity index (χ0) is 19.1. The van der Waals surface area contributed by atoms with Crippen LogP contribution in [0.15, 0.2) is 53.2 Å². The number of benzene rings is 1. The van der Waals surface area contributed by atoms with E-state index in [9.17, 15) is 4.79 Å². The highest BCUT2D eigenvalue weighted by molar-refractivity contribution is 5.91. The second-order valence-corrected chi connectivity index (χ2v) is 6.34. The van der Waals surface area contributed by atoms with Gasteiger partial charge in [-0.2, -0.15) is 5.10 Å². The molecule has 0 saturated carbocycles. The van der Waals surface area contributed by atoms with Crippen molar-refractivity contribution in [2.45, 2.75) is 46.4 Å². The van der Waals surface area contributed by atoms with E-state index < -0.39 is 0 Å². The van der Waals surface area contributed by atoms with Gasteiger partial charge >= 0.3 is 0 Å². The lowest BCUT2D eigenvalue weighted by Gasteiger charge is -2.05. The van der Waals surface area contributed by atoms with Crippen molar-refractivity contribution >= 4 is 5.91 Å². The molecule has 2 heterocycles. The second-order valence-electron chi connectivity index (χ2n) is 6.34. The van der Waals surface area contributed by atoms with Gasteiger partial charge in [0.05, 0.1) is 6.20 Å². The highest BCUT2D eigenvalue weighted by atomic mass is 16.5. The first-order valence-corrected chi connectivity index (χ1v) is 9.28. The van der Waals surface area contributed by atoms with Crippen LogP contribution in [-0.4, -0.2) is 15.7 Å². The molecule has 0 bridgehead atoms. The van der Waals surface area contributed by atoms with Gasteiger partial charge < -0.3 is 14.5 Å². The maximum absolute atomic E-state index is 12.2. The molecule has 1 N–H and O–H groups in total. The number of nitrogens with zero attached hydrogens (tertiary/aromatic N) is 2. The van der Waals surface area contributed by atoms with Crippen molar-refractivity contribution < 1.29 is 13.9 Å². The molecule has 3 aromatic rings. The van der Waals surface area contributed by atoms with E-state index in [0.717, 1.165) is 30.7 Å². The summed E-state index contributed by atoms with van der Waals surface area (Å²) in [4.78, 5) is 12.2. The van der Waals surface area contributed by atoms with E-state index in [1.54, 1.807) is 18.3 Å². The van der Waals surface area contributed by atoms with Crippen LogP contribution in [0.2, 0.25) is 0 Å². The topological polar surface area (TPSA) is 69.3 Å². The van der Waals surface area contributed by atoms with Gasteiger partial charge in [-0.15, -0.1) is 0 Å². The number of amides is 1. The normalized spacial score (nSPS) is 10.7. The molecule has 3 rings (SSSR count). The Balaban J connectivity index is 1.49. The fourth-order valence-corrected chi connectivity index (χ4v) is 2.71. The number of carbonyl (C=O) groups excluding carboxylic acids is 1. The molecule has 6 nitrogen and oxygen atoms in total. The Hall–Kier alpha value is -3.02. The van der Waals surface area contributed by atoms with E-state index >= 15 is 0 Å². The van der Waals surface area contributed by atoms with Crippen LogP contribution in [0.5, 0.6) is 5.75 Å². The summed E-state index contributed by atoms with van der Waals surface area (Å²) in [6.07, 6.45) is 5.85. The molecule has 0 fully saturated rings. The molecule has 142 valence electrons. The number of aromatic nitrogens is 2. The lowest BCUT2D eigenvalue weighted by atomic mass is 10.1. The minimum absolute atomic E-state index is 0.255. The Bertz CT molecular complexity index is 865. The maximum atomic E-state index is 12.2. The molecule has 2 aromatic heterocycles. The highest BCUT2D eigenvalue weighted by Gasteiger charge is 2.12. The van der Waals surface area contributed by atoms with Gasteiger partial charge in [-0.25, -0.2) is 0 Å². The molecule has 6 heteroatoms. The summed E-state index contributed by atoms with van der Waals surface area (Å²) in [5, 5.41) is 7.01. The van der Waals surface area contributed by atoms with Crippen LogP contribution >= 0.6 is 0 Å². The van der Waals surface area contributed by atoms with Gasteiger partial charge in [-0.1, -0.05) is 25.5 Å². The van der Waals surface area contributed by atoms with Crippen molar-refractivity contribution in [2.75, 3.05) is 0 Å². The summed E-state index contributed by atoms with van der Waals surface area (Å²) in [5.41, 5.74) is 2.25. The zero-order valence-corrected chi connectivity index (χ0v) is 15.8. The lowest BCUT2D eigenvalue weighted by molar-refractivity contribution is 0.0919. The number of hydrogen-bond donors (Lipinski definition) is 1. The van der Waals surface area contributed by atoms with Crippen molar-refractivity contribution in [3.05, 3.63) is 71.4 Å². The number of carbonyl (C=O) groups is 1. The van der Waals surface area contributed by atoms with Crippen LogP contribution in [0.3, 0.4) is 0 Å². The average molecular weight is 367 g/mol. The summed E-state index contributed by atoms with van der Waals surface area (Å²) >= 11 is 0. The predicted octanol–water partition coefficient (Wildman–Crippen LogP) is 3.96.